The first-order valence-corrected chi connectivity index (χ1v) is 8.56. The Morgan fingerprint density at radius 1 is 1.00 bits per heavy atom. The van der Waals surface area contributed by atoms with Gasteiger partial charge in [-0.2, -0.15) is 5.10 Å². The number of anilines is 1. The summed E-state index contributed by atoms with van der Waals surface area (Å²) >= 11 is 3.55. The van der Waals surface area contributed by atoms with Gasteiger partial charge in [-0.15, -0.1) is 0 Å². The number of phenols is 1. The van der Waals surface area contributed by atoms with E-state index in [0.717, 1.165) is 31.8 Å². The Morgan fingerprint density at radius 3 is 2.68 bits per heavy atom. The van der Waals surface area contributed by atoms with E-state index in [1.165, 1.54) is 0 Å². The van der Waals surface area contributed by atoms with E-state index in [-0.39, 0.29) is 5.75 Å². The predicted octanol–water partition coefficient (Wildman–Crippen LogP) is 5.30. The van der Waals surface area contributed by atoms with E-state index >= 15 is 0 Å². The molecule has 0 spiro atoms. The molecule has 4 rings (SSSR count). The number of aromatic hydroxyl groups is 1. The number of para-hydroxylation sites is 1. The first-order valence-electron chi connectivity index (χ1n) is 7.77. The number of hydrazone groups is 1. The minimum atomic E-state index is 0.209. The molecule has 0 aliphatic rings. The van der Waals surface area contributed by atoms with Gasteiger partial charge in [0, 0.05) is 27.0 Å². The van der Waals surface area contributed by atoms with Crippen molar-refractivity contribution in [3.05, 3.63) is 76.9 Å². The minimum Gasteiger partial charge on any atom is -0.507 e. The fourth-order valence-electron chi connectivity index (χ4n) is 2.80. The molecule has 2 N–H and O–H groups in total. The van der Waals surface area contributed by atoms with Crippen LogP contribution in [-0.4, -0.2) is 16.3 Å². The van der Waals surface area contributed by atoms with Gasteiger partial charge in [-0.25, -0.2) is 0 Å². The Balaban J connectivity index is 1.68. The van der Waals surface area contributed by atoms with Crippen molar-refractivity contribution in [2.75, 3.05) is 5.43 Å². The van der Waals surface area contributed by atoms with Gasteiger partial charge in [-0.1, -0.05) is 58.4 Å². The van der Waals surface area contributed by atoms with Gasteiger partial charge < -0.3 is 5.11 Å². The quantitative estimate of drug-likeness (QED) is 0.367. The van der Waals surface area contributed by atoms with Crippen molar-refractivity contribution in [1.82, 2.24) is 4.98 Å². The van der Waals surface area contributed by atoms with Gasteiger partial charge in [0.15, 0.2) is 0 Å². The largest absolute Gasteiger partial charge is 0.507 e. The molecule has 0 fully saturated rings. The Hall–Kier alpha value is -2.92. The number of benzene rings is 3. The third kappa shape index (κ3) is 2.94. The zero-order valence-electron chi connectivity index (χ0n) is 13.1. The summed E-state index contributed by atoms with van der Waals surface area (Å²) in [6.07, 6.45) is 3.36. The van der Waals surface area contributed by atoms with Crippen LogP contribution in [0.15, 0.2) is 76.4 Å². The topological polar surface area (TPSA) is 57.5 Å². The number of nitrogens with one attached hydrogen (secondary N) is 1. The molecule has 0 unspecified atom stereocenters. The van der Waals surface area contributed by atoms with E-state index in [2.05, 4.69) is 31.4 Å². The van der Waals surface area contributed by atoms with Gasteiger partial charge >= 0.3 is 0 Å². The molecule has 0 aliphatic carbocycles. The molecular weight excluding hydrogens is 378 g/mol. The first-order chi connectivity index (χ1) is 12.2. The van der Waals surface area contributed by atoms with Crippen LogP contribution in [0, 0.1) is 0 Å². The molecule has 0 saturated carbocycles. The Labute approximate surface area is 153 Å². The molecule has 25 heavy (non-hydrogen) atoms. The summed E-state index contributed by atoms with van der Waals surface area (Å²) in [5.74, 6) is 0.209. The Kier molecular flexibility index (Phi) is 4.07. The Morgan fingerprint density at radius 2 is 1.80 bits per heavy atom. The number of rotatable bonds is 3. The van der Waals surface area contributed by atoms with Gasteiger partial charge in [0.05, 0.1) is 17.4 Å². The summed E-state index contributed by atoms with van der Waals surface area (Å²) in [7, 11) is 0. The molecule has 0 saturated heterocycles. The van der Waals surface area contributed by atoms with E-state index in [9.17, 15) is 5.11 Å². The summed E-state index contributed by atoms with van der Waals surface area (Å²) in [4.78, 5) is 4.39. The van der Waals surface area contributed by atoms with Crippen molar-refractivity contribution in [1.29, 1.82) is 0 Å². The van der Waals surface area contributed by atoms with E-state index in [1.54, 1.807) is 12.4 Å². The molecule has 4 nitrogen and oxygen atoms in total. The second-order valence-electron chi connectivity index (χ2n) is 5.59. The lowest BCUT2D eigenvalue weighted by molar-refractivity contribution is 0.481. The molecule has 0 atom stereocenters. The van der Waals surface area contributed by atoms with E-state index in [1.807, 2.05) is 60.7 Å². The number of fused-ring (bicyclic) bond motifs is 2. The van der Waals surface area contributed by atoms with Crippen LogP contribution in [0.4, 0.5) is 5.69 Å². The smallest absolute Gasteiger partial charge is 0.132 e. The average molecular weight is 392 g/mol. The standard InChI is InChI=1S/C20H14BrN3O/c21-17-11-14(20(25)16-8-2-1-7-15(16)17)12-23-24-18-9-3-5-13-6-4-10-22-19(13)18/h1-12,24-25H. The predicted molar refractivity (Wildman–Crippen MR) is 106 cm³/mol. The number of hydrogen-bond acceptors (Lipinski definition) is 4. The second-order valence-corrected chi connectivity index (χ2v) is 6.45. The highest BCUT2D eigenvalue weighted by molar-refractivity contribution is 9.10. The molecule has 0 bridgehead atoms. The van der Waals surface area contributed by atoms with Gasteiger partial charge in [-0.3, -0.25) is 10.4 Å². The minimum absolute atomic E-state index is 0.209. The van der Waals surface area contributed by atoms with Crippen molar-refractivity contribution in [2.45, 2.75) is 0 Å². The number of phenolic OH excluding ortho intramolecular Hbond substituents is 1. The number of aromatic nitrogens is 1. The van der Waals surface area contributed by atoms with Crippen LogP contribution < -0.4 is 5.43 Å². The SMILES string of the molecule is Oc1c(C=NNc2cccc3cccnc23)cc(Br)c2ccccc12. The molecule has 122 valence electrons. The van der Waals surface area contributed by atoms with Crippen LogP contribution >= 0.6 is 15.9 Å². The van der Waals surface area contributed by atoms with Crippen molar-refractivity contribution >= 4 is 49.5 Å². The van der Waals surface area contributed by atoms with Gasteiger partial charge in [-0.05, 0) is 23.6 Å². The molecule has 5 heteroatoms. The fraction of sp³-hybridized carbons (Fsp3) is 0. The number of halogens is 1. The van der Waals surface area contributed by atoms with Crippen molar-refractivity contribution in [3.8, 4) is 5.75 Å². The lowest BCUT2D eigenvalue weighted by Crippen LogP contribution is -1.94. The van der Waals surface area contributed by atoms with Crippen LogP contribution in [-0.2, 0) is 0 Å². The normalized spacial score (nSPS) is 11.4. The maximum atomic E-state index is 10.5. The monoisotopic (exact) mass is 391 g/mol. The van der Waals surface area contributed by atoms with Crippen molar-refractivity contribution < 1.29 is 5.11 Å². The van der Waals surface area contributed by atoms with Crippen LogP contribution in [0.3, 0.4) is 0 Å². The zero-order valence-corrected chi connectivity index (χ0v) is 14.7. The van der Waals surface area contributed by atoms with Crippen LogP contribution in [0.5, 0.6) is 5.75 Å². The molecule has 1 aromatic heterocycles. The Bertz CT molecular complexity index is 1100. The van der Waals surface area contributed by atoms with Gasteiger partial charge in [0.25, 0.3) is 0 Å². The molecule has 3 aromatic carbocycles. The van der Waals surface area contributed by atoms with Gasteiger partial charge in [0.2, 0.25) is 0 Å². The number of hydrogen-bond donors (Lipinski definition) is 2. The molecule has 0 radical (unpaired) electrons. The average Bonchev–Trinajstić information content (AvgIpc) is 2.66. The van der Waals surface area contributed by atoms with Gasteiger partial charge in [0.1, 0.15) is 5.75 Å². The maximum absolute atomic E-state index is 10.5. The van der Waals surface area contributed by atoms with Crippen LogP contribution in [0.25, 0.3) is 21.7 Å². The first kappa shape index (κ1) is 15.6. The van der Waals surface area contributed by atoms with E-state index in [4.69, 9.17) is 0 Å². The molecular formula is C20H14BrN3O. The summed E-state index contributed by atoms with van der Waals surface area (Å²) in [5, 5.41) is 17.6. The number of nitrogens with zero attached hydrogens (tertiary/aromatic N) is 2. The van der Waals surface area contributed by atoms with Crippen LogP contribution in [0.2, 0.25) is 0 Å². The zero-order chi connectivity index (χ0) is 17.2. The third-order valence-corrected chi connectivity index (χ3v) is 4.67. The highest BCUT2D eigenvalue weighted by Gasteiger charge is 2.08. The van der Waals surface area contributed by atoms with Crippen molar-refractivity contribution in [2.24, 2.45) is 5.10 Å². The van der Waals surface area contributed by atoms with E-state index < -0.39 is 0 Å². The summed E-state index contributed by atoms with van der Waals surface area (Å²) < 4.78 is 0.911. The van der Waals surface area contributed by atoms with Crippen molar-refractivity contribution in [3.63, 3.8) is 0 Å². The summed E-state index contributed by atoms with van der Waals surface area (Å²) in [6.45, 7) is 0. The molecule has 1 heterocycles. The lowest BCUT2D eigenvalue weighted by atomic mass is 10.1. The summed E-state index contributed by atoms with van der Waals surface area (Å²) in [5.41, 5.74) is 5.31. The van der Waals surface area contributed by atoms with Crippen LogP contribution in [0.1, 0.15) is 5.56 Å². The summed E-state index contributed by atoms with van der Waals surface area (Å²) in [6, 6.07) is 19.3. The lowest BCUT2D eigenvalue weighted by Gasteiger charge is -2.07. The highest BCUT2D eigenvalue weighted by atomic mass is 79.9. The van der Waals surface area contributed by atoms with E-state index in [0.29, 0.717) is 5.56 Å². The second kappa shape index (κ2) is 6.53. The third-order valence-electron chi connectivity index (χ3n) is 4.02. The maximum Gasteiger partial charge on any atom is 0.132 e. The fourth-order valence-corrected chi connectivity index (χ4v) is 3.39. The molecule has 0 amide bonds. The molecule has 4 aromatic rings. The number of pyridine rings is 1. The highest BCUT2D eigenvalue weighted by Crippen LogP contribution is 2.33. The molecule has 0 aliphatic heterocycles.